The first kappa shape index (κ1) is 11.9. The highest BCUT2D eigenvalue weighted by Crippen LogP contribution is 2.24. The molecule has 0 unspecified atom stereocenters. The third-order valence-electron chi connectivity index (χ3n) is 2.85. The average Bonchev–Trinajstić information content (AvgIpc) is 2.68. The van der Waals surface area contributed by atoms with Crippen LogP contribution in [0.4, 0.5) is 0 Å². The van der Waals surface area contributed by atoms with E-state index in [0.29, 0.717) is 6.54 Å². The first-order valence-corrected chi connectivity index (χ1v) is 6.00. The van der Waals surface area contributed by atoms with E-state index >= 15 is 0 Å². The Balaban J connectivity index is 2.37. The van der Waals surface area contributed by atoms with Crippen LogP contribution in [0.2, 0.25) is 0 Å². The second kappa shape index (κ2) is 5.15. The molecular weight excluding hydrogens is 210 g/mol. The second-order valence-corrected chi connectivity index (χ2v) is 4.42. The molecule has 0 aliphatic rings. The van der Waals surface area contributed by atoms with E-state index in [1.165, 1.54) is 16.7 Å². The summed E-state index contributed by atoms with van der Waals surface area (Å²) in [6, 6.07) is 8.53. The van der Waals surface area contributed by atoms with Crippen LogP contribution in [0.1, 0.15) is 17.7 Å². The van der Waals surface area contributed by atoms with Gasteiger partial charge in [0.05, 0.1) is 5.69 Å². The van der Waals surface area contributed by atoms with Gasteiger partial charge in [0.25, 0.3) is 0 Å². The van der Waals surface area contributed by atoms with Crippen molar-refractivity contribution in [2.75, 3.05) is 6.54 Å². The smallest absolute Gasteiger partial charge is 0.0703 e. The minimum atomic E-state index is 0.712. The lowest BCUT2D eigenvalue weighted by Crippen LogP contribution is -2.01. The summed E-state index contributed by atoms with van der Waals surface area (Å²) < 4.78 is 1.88. The molecule has 0 aliphatic heterocycles. The number of aromatic nitrogens is 2. The molecule has 2 rings (SSSR count). The molecule has 0 saturated heterocycles. The molecule has 0 radical (unpaired) electrons. The van der Waals surface area contributed by atoms with Crippen LogP contribution in [0, 0.1) is 6.92 Å². The van der Waals surface area contributed by atoms with E-state index in [9.17, 15) is 0 Å². The monoisotopic (exact) mass is 229 g/mol. The van der Waals surface area contributed by atoms with Gasteiger partial charge >= 0.3 is 0 Å². The maximum absolute atomic E-state index is 5.56. The first-order valence-electron chi connectivity index (χ1n) is 6.00. The van der Waals surface area contributed by atoms with Crippen molar-refractivity contribution in [1.29, 1.82) is 0 Å². The van der Waals surface area contributed by atoms with Gasteiger partial charge in [0.1, 0.15) is 0 Å². The topological polar surface area (TPSA) is 43.8 Å². The van der Waals surface area contributed by atoms with Crippen molar-refractivity contribution >= 4 is 0 Å². The number of nitrogens with two attached hydrogens (primary N) is 1. The molecule has 0 aliphatic carbocycles. The van der Waals surface area contributed by atoms with E-state index in [-0.39, 0.29) is 0 Å². The molecule has 3 heteroatoms. The van der Waals surface area contributed by atoms with Crippen LogP contribution in [0.5, 0.6) is 0 Å². The molecule has 0 fully saturated rings. The van der Waals surface area contributed by atoms with Gasteiger partial charge in [-0.2, -0.15) is 5.10 Å². The van der Waals surface area contributed by atoms with Crippen molar-refractivity contribution in [3.8, 4) is 11.1 Å². The molecule has 90 valence electrons. The maximum Gasteiger partial charge on any atom is 0.0703 e. The molecule has 0 bridgehead atoms. The van der Waals surface area contributed by atoms with E-state index in [2.05, 4.69) is 42.5 Å². The highest BCUT2D eigenvalue weighted by atomic mass is 15.2. The highest BCUT2D eigenvalue weighted by molar-refractivity contribution is 5.66. The number of benzene rings is 1. The highest BCUT2D eigenvalue weighted by Gasteiger charge is 2.09. The summed E-state index contributed by atoms with van der Waals surface area (Å²) in [4.78, 5) is 0. The molecule has 1 heterocycles. The molecule has 0 saturated carbocycles. The van der Waals surface area contributed by atoms with Gasteiger partial charge in [-0.15, -0.1) is 0 Å². The van der Waals surface area contributed by atoms with E-state index in [4.69, 9.17) is 5.73 Å². The van der Waals surface area contributed by atoms with E-state index in [0.717, 1.165) is 18.5 Å². The summed E-state index contributed by atoms with van der Waals surface area (Å²) in [5.74, 6) is 0. The van der Waals surface area contributed by atoms with Crippen molar-refractivity contribution < 1.29 is 0 Å². The number of nitrogens with zero attached hydrogens (tertiary/aromatic N) is 2. The van der Waals surface area contributed by atoms with Gasteiger partial charge in [0.15, 0.2) is 0 Å². The number of hydrogen-bond acceptors (Lipinski definition) is 2. The number of hydrogen-bond donors (Lipinski definition) is 1. The maximum atomic E-state index is 5.56. The molecule has 0 spiro atoms. The Bertz CT molecular complexity index is 500. The largest absolute Gasteiger partial charge is 0.330 e. The van der Waals surface area contributed by atoms with Gasteiger partial charge in [-0.1, -0.05) is 29.8 Å². The van der Waals surface area contributed by atoms with Gasteiger partial charge in [-0.25, -0.2) is 0 Å². The Kier molecular flexibility index (Phi) is 3.59. The summed E-state index contributed by atoms with van der Waals surface area (Å²) in [5, 5.41) is 4.52. The third kappa shape index (κ3) is 2.74. The normalized spacial score (nSPS) is 10.8. The zero-order chi connectivity index (χ0) is 12.3. The fourth-order valence-electron chi connectivity index (χ4n) is 2.04. The second-order valence-electron chi connectivity index (χ2n) is 4.42. The van der Waals surface area contributed by atoms with Gasteiger partial charge in [0.2, 0.25) is 0 Å². The van der Waals surface area contributed by atoms with Crippen molar-refractivity contribution in [3.63, 3.8) is 0 Å². The first-order chi connectivity index (χ1) is 8.20. The van der Waals surface area contributed by atoms with Crippen LogP contribution >= 0.6 is 0 Å². The van der Waals surface area contributed by atoms with Crippen LogP contribution in [-0.2, 0) is 13.5 Å². The average molecular weight is 229 g/mol. The number of aryl methyl sites for hydroxylation is 3. The zero-order valence-corrected chi connectivity index (χ0v) is 10.5. The molecule has 2 aromatic rings. The predicted octanol–water partition coefficient (Wildman–Crippen LogP) is 2.29. The minimum Gasteiger partial charge on any atom is -0.330 e. The standard InChI is InChI=1S/C14H19N3/c1-11-5-3-6-12(9-11)13-10-17(2)16-14(13)7-4-8-15/h3,5-6,9-10H,4,7-8,15H2,1-2H3. The Hall–Kier alpha value is -1.61. The fraction of sp³-hybridized carbons (Fsp3) is 0.357. The molecule has 1 aromatic heterocycles. The van der Waals surface area contributed by atoms with Gasteiger partial charge in [-0.3, -0.25) is 4.68 Å². The van der Waals surface area contributed by atoms with Gasteiger partial charge < -0.3 is 5.73 Å². The lowest BCUT2D eigenvalue weighted by atomic mass is 10.0. The third-order valence-corrected chi connectivity index (χ3v) is 2.85. The zero-order valence-electron chi connectivity index (χ0n) is 10.5. The van der Waals surface area contributed by atoms with Crippen molar-refractivity contribution in [3.05, 3.63) is 41.7 Å². The molecule has 17 heavy (non-hydrogen) atoms. The van der Waals surface area contributed by atoms with Crippen molar-refractivity contribution in [2.45, 2.75) is 19.8 Å². The van der Waals surface area contributed by atoms with Gasteiger partial charge in [0, 0.05) is 18.8 Å². The van der Waals surface area contributed by atoms with Crippen LogP contribution in [0.15, 0.2) is 30.5 Å². The molecule has 3 nitrogen and oxygen atoms in total. The van der Waals surface area contributed by atoms with E-state index in [1.807, 2.05) is 11.7 Å². The Morgan fingerprint density at radius 2 is 2.18 bits per heavy atom. The van der Waals surface area contributed by atoms with E-state index in [1.54, 1.807) is 0 Å². The SMILES string of the molecule is Cc1cccc(-c2cn(C)nc2CCCN)c1. The molecule has 1 aromatic carbocycles. The molecular formula is C14H19N3. The lowest BCUT2D eigenvalue weighted by Gasteiger charge is -2.02. The van der Waals surface area contributed by atoms with Crippen molar-refractivity contribution in [2.24, 2.45) is 12.8 Å². The molecule has 0 atom stereocenters. The summed E-state index contributed by atoms with van der Waals surface area (Å²) in [6.45, 7) is 2.82. The fourth-order valence-corrected chi connectivity index (χ4v) is 2.04. The Morgan fingerprint density at radius 3 is 2.88 bits per heavy atom. The molecule has 0 amide bonds. The van der Waals surface area contributed by atoms with Gasteiger partial charge in [-0.05, 0) is 31.9 Å². The summed E-state index contributed by atoms with van der Waals surface area (Å²) in [5.41, 5.74) is 10.4. The van der Waals surface area contributed by atoms with E-state index < -0.39 is 0 Å². The summed E-state index contributed by atoms with van der Waals surface area (Å²) >= 11 is 0. The minimum absolute atomic E-state index is 0.712. The van der Waals surface area contributed by atoms with Crippen molar-refractivity contribution in [1.82, 2.24) is 9.78 Å². The quantitative estimate of drug-likeness (QED) is 0.874. The summed E-state index contributed by atoms with van der Waals surface area (Å²) in [6.07, 6.45) is 4.01. The summed E-state index contributed by atoms with van der Waals surface area (Å²) in [7, 11) is 1.96. The molecule has 2 N–H and O–H groups in total. The van der Waals surface area contributed by atoms with Crippen LogP contribution in [-0.4, -0.2) is 16.3 Å². The Morgan fingerprint density at radius 1 is 1.35 bits per heavy atom. The number of rotatable bonds is 4. The van der Waals surface area contributed by atoms with Crippen LogP contribution in [0.3, 0.4) is 0 Å². The Labute approximate surface area is 102 Å². The lowest BCUT2D eigenvalue weighted by molar-refractivity contribution is 0.723. The van der Waals surface area contributed by atoms with Crippen LogP contribution in [0.25, 0.3) is 11.1 Å². The predicted molar refractivity (Wildman–Crippen MR) is 70.8 cm³/mol. The van der Waals surface area contributed by atoms with Crippen LogP contribution < -0.4 is 5.73 Å².